The van der Waals surface area contributed by atoms with Crippen LogP contribution in [0.4, 0.5) is 0 Å². The maximum Gasteiger partial charge on any atom is 0.329 e. The van der Waals surface area contributed by atoms with E-state index in [1.165, 1.54) is 38.5 Å². The lowest BCUT2D eigenvalue weighted by atomic mass is 9.50. The van der Waals surface area contributed by atoms with Crippen LogP contribution >= 0.6 is 11.6 Å². The van der Waals surface area contributed by atoms with Crippen LogP contribution in [0.3, 0.4) is 0 Å². The number of hydrogen-bond donors (Lipinski definition) is 0. The van der Waals surface area contributed by atoms with Crippen molar-refractivity contribution in [2.45, 2.75) is 83.8 Å². The lowest BCUT2D eigenvalue weighted by Gasteiger charge is -2.56. The van der Waals surface area contributed by atoms with E-state index in [0.29, 0.717) is 34.7 Å². The summed E-state index contributed by atoms with van der Waals surface area (Å²) in [5, 5.41) is 0.457. The van der Waals surface area contributed by atoms with Gasteiger partial charge in [0.25, 0.3) is 5.91 Å². The number of rotatable bonds is 5. The summed E-state index contributed by atoms with van der Waals surface area (Å²) in [5.41, 5.74) is 0.216. The molecule has 1 heterocycles. The summed E-state index contributed by atoms with van der Waals surface area (Å²) < 4.78 is 11.8. The average Bonchev–Trinajstić information content (AvgIpc) is 3.20. The van der Waals surface area contributed by atoms with Gasteiger partial charge < -0.3 is 14.4 Å². The van der Waals surface area contributed by atoms with Crippen LogP contribution in [-0.4, -0.2) is 41.6 Å². The monoisotopic (exact) mass is 473 g/mol. The predicted molar refractivity (Wildman–Crippen MR) is 127 cm³/mol. The molecule has 4 bridgehead atoms. The second-order valence-electron chi connectivity index (χ2n) is 12.0. The topological polar surface area (TPSA) is 55.8 Å². The predicted octanol–water partition coefficient (Wildman–Crippen LogP) is 5.88. The van der Waals surface area contributed by atoms with Gasteiger partial charge in [-0.2, -0.15) is 0 Å². The van der Waals surface area contributed by atoms with Gasteiger partial charge in [0.15, 0.2) is 0 Å². The number of carbonyl (C=O) groups excluding carboxylic acids is 2. The highest BCUT2D eigenvalue weighted by molar-refractivity contribution is 6.32. The smallest absolute Gasteiger partial charge is 0.329 e. The zero-order chi connectivity index (χ0) is 23.4. The van der Waals surface area contributed by atoms with Gasteiger partial charge in [-0.25, -0.2) is 4.79 Å². The van der Waals surface area contributed by atoms with Crippen molar-refractivity contribution in [1.29, 1.82) is 0 Å². The fourth-order valence-corrected chi connectivity index (χ4v) is 7.47. The number of esters is 1. The van der Waals surface area contributed by atoms with Crippen molar-refractivity contribution in [1.82, 2.24) is 4.90 Å². The van der Waals surface area contributed by atoms with Crippen LogP contribution in [0, 0.1) is 23.2 Å². The zero-order valence-corrected chi connectivity index (χ0v) is 20.8. The lowest BCUT2D eigenvalue weighted by molar-refractivity contribution is -0.159. The van der Waals surface area contributed by atoms with E-state index < -0.39 is 11.6 Å². The van der Waals surface area contributed by atoms with Gasteiger partial charge in [0.1, 0.15) is 17.4 Å². The third-order valence-corrected chi connectivity index (χ3v) is 8.37. The Morgan fingerprint density at radius 1 is 1.09 bits per heavy atom. The minimum atomic E-state index is -0.576. The van der Waals surface area contributed by atoms with Crippen molar-refractivity contribution in [2.24, 2.45) is 23.2 Å². The van der Waals surface area contributed by atoms with Gasteiger partial charge in [-0.1, -0.05) is 11.6 Å². The first-order valence-corrected chi connectivity index (χ1v) is 12.9. The van der Waals surface area contributed by atoms with E-state index in [2.05, 4.69) is 0 Å². The SMILES string of the molecule is CC(C)(C)OC(=O)[C@@H]1CCCN1C(=O)c1ccc(OCC23CC4CC(CC(C4)C2)C3)c(Cl)c1. The van der Waals surface area contributed by atoms with E-state index in [4.69, 9.17) is 21.1 Å². The minimum Gasteiger partial charge on any atom is -0.491 e. The molecule has 0 unspecified atom stereocenters. The molecule has 0 radical (unpaired) electrons. The molecule has 1 aromatic carbocycles. The highest BCUT2D eigenvalue weighted by atomic mass is 35.5. The number of likely N-dealkylation sites (tertiary alicyclic amines) is 1. The number of benzene rings is 1. The molecule has 1 aliphatic heterocycles. The molecule has 5 fully saturated rings. The molecule has 180 valence electrons. The standard InChI is InChI=1S/C27H36ClNO4/c1-26(2,3)33-25(31)22-5-4-8-29(22)24(30)20-6-7-23(21(28)12-20)32-16-27-13-17-9-18(14-27)11-19(10-17)15-27/h6-7,12,17-19,22H,4-5,8-11,13-16H2,1-3H3/t17?,18?,19?,22-,27?/m0/s1. The fraction of sp³-hybridized carbons (Fsp3) is 0.704. The van der Waals surface area contributed by atoms with E-state index in [1.807, 2.05) is 26.8 Å². The molecular formula is C27H36ClNO4. The molecule has 0 spiro atoms. The molecule has 4 aliphatic carbocycles. The molecule has 1 aromatic rings. The van der Waals surface area contributed by atoms with Crippen molar-refractivity contribution in [3.05, 3.63) is 28.8 Å². The molecule has 6 heteroatoms. The lowest BCUT2D eigenvalue weighted by Crippen LogP contribution is -2.48. The van der Waals surface area contributed by atoms with Crippen LogP contribution < -0.4 is 4.74 Å². The number of carbonyl (C=O) groups is 2. The fourth-order valence-electron chi connectivity index (χ4n) is 7.24. The van der Waals surface area contributed by atoms with E-state index in [1.54, 1.807) is 17.0 Å². The summed E-state index contributed by atoms with van der Waals surface area (Å²) in [6.45, 7) is 6.79. The van der Waals surface area contributed by atoms with Crippen molar-refractivity contribution < 1.29 is 19.1 Å². The normalized spacial score (nSPS) is 32.8. The average molecular weight is 474 g/mol. The Bertz CT molecular complexity index is 901. The number of ether oxygens (including phenoxy) is 2. The molecule has 6 rings (SSSR count). The van der Waals surface area contributed by atoms with Crippen LogP contribution in [0.25, 0.3) is 0 Å². The molecule has 0 N–H and O–H groups in total. The number of hydrogen-bond acceptors (Lipinski definition) is 4. The van der Waals surface area contributed by atoms with E-state index in [-0.39, 0.29) is 11.9 Å². The zero-order valence-electron chi connectivity index (χ0n) is 20.1. The Hall–Kier alpha value is -1.75. The van der Waals surface area contributed by atoms with E-state index in [0.717, 1.165) is 30.8 Å². The van der Waals surface area contributed by atoms with E-state index >= 15 is 0 Å². The van der Waals surface area contributed by atoms with Crippen molar-refractivity contribution >= 4 is 23.5 Å². The van der Waals surface area contributed by atoms with Gasteiger partial charge >= 0.3 is 5.97 Å². The molecule has 5 aliphatic rings. The Labute approximate surface area is 202 Å². The summed E-state index contributed by atoms with van der Waals surface area (Å²) in [7, 11) is 0. The van der Waals surface area contributed by atoms with Crippen LogP contribution in [0.15, 0.2) is 18.2 Å². The Balaban J connectivity index is 1.24. The van der Waals surface area contributed by atoms with Gasteiger partial charge in [-0.05, 0) is 108 Å². The van der Waals surface area contributed by atoms with Crippen molar-refractivity contribution in [2.75, 3.05) is 13.2 Å². The van der Waals surface area contributed by atoms with Crippen LogP contribution in [-0.2, 0) is 9.53 Å². The van der Waals surface area contributed by atoms with Gasteiger partial charge in [0, 0.05) is 17.5 Å². The highest BCUT2D eigenvalue weighted by Crippen LogP contribution is 2.60. The first kappa shape index (κ1) is 23.0. The maximum absolute atomic E-state index is 13.2. The Morgan fingerprint density at radius 3 is 2.30 bits per heavy atom. The molecule has 33 heavy (non-hydrogen) atoms. The summed E-state index contributed by atoms with van der Waals surface area (Å²) in [6.07, 6.45) is 9.51. The summed E-state index contributed by atoms with van der Waals surface area (Å²) in [5.74, 6) is 2.78. The maximum atomic E-state index is 13.2. The van der Waals surface area contributed by atoms with Gasteiger partial charge in [-0.3, -0.25) is 4.79 Å². The molecule has 5 nitrogen and oxygen atoms in total. The van der Waals surface area contributed by atoms with Crippen LogP contribution in [0.5, 0.6) is 5.75 Å². The summed E-state index contributed by atoms with van der Waals surface area (Å²) >= 11 is 6.57. The third-order valence-electron chi connectivity index (χ3n) is 8.07. The third kappa shape index (κ3) is 4.76. The first-order chi connectivity index (χ1) is 15.6. The van der Waals surface area contributed by atoms with Crippen LogP contribution in [0.1, 0.15) is 82.5 Å². The second-order valence-corrected chi connectivity index (χ2v) is 12.4. The molecule has 1 saturated heterocycles. The Kier molecular flexibility index (Phi) is 5.91. The quantitative estimate of drug-likeness (QED) is 0.501. The first-order valence-electron chi connectivity index (χ1n) is 12.6. The van der Waals surface area contributed by atoms with Gasteiger partial charge in [0.2, 0.25) is 0 Å². The Morgan fingerprint density at radius 2 is 1.73 bits per heavy atom. The largest absolute Gasteiger partial charge is 0.491 e. The van der Waals surface area contributed by atoms with Gasteiger partial charge in [-0.15, -0.1) is 0 Å². The number of amides is 1. The van der Waals surface area contributed by atoms with Crippen molar-refractivity contribution in [3.8, 4) is 5.75 Å². The van der Waals surface area contributed by atoms with Gasteiger partial charge in [0.05, 0.1) is 11.6 Å². The van der Waals surface area contributed by atoms with Crippen LogP contribution in [0.2, 0.25) is 5.02 Å². The minimum absolute atomic E-state index is 0.183. The summed E-state index contributed by atoms with van der Waals surface area (Å²) in [4.78, 5) is 27.4. The molecule has 4 saturated carbocycles. The number of halogens is 1. The molecule has 0 aromatic heterocycles. The molecule has 1 atom stereocenters. The second kappa shape index (κ2) is 8.48. The highest BCUT2D eigenvalue weighted by Gasteiger charge is 2.51. The molecular weight excluding hydrogens is 438 g/mol. The van der Waals surface area contributed by atoms with Crippen molar-refractivity contribution in [3.63, 3.8) is 0 Å². The molecule has 1 amide bonds. The summed E-state index contributed by atoms with van der Waals surface area (Å²) in [6, 6.07) is 4.73. The number of nitrogens with zero attached hydrogens (tertiary/aromatic N) is 1. The van der Waals surface area contributed by atoms with E-state index in [9.17, 15) is 9.59 Å².